The van der Waals surface area contributed by atoms with E-state index in [4.69, 9.17) is 27.6 Å². The summed E-state index contributed by atoms with van der Waals surface area (Å²) in [4.78, 5) is 13.6. The Bertz CT molecular complexity index is 1530. The highest BCUT2D eigenvalue weighted by atomic mass is 79.9. The Morgan fingerprint density at radius 2 is 1.82 bits per heavy atom. The highest BCUT2D eigenvalue weighted by Gasteiger charge is 2.68. The van der Waals surface area contributed by atoms with E-state index in [1.165, 1.54) is 10.7 Å². The summed E-state index contributed by atoms with van der Waals surface area (Å²) < 4.78 is 49.0. The van der Waals surface area contributed by atoms with Gasteiger partial charge >= 0.3 is 6.18 Å². The largest absolute Gasteiger partial charge is 0.418 e. The van der Waals surface area contributed by atoms with Gasteiger partial charge < -0.3 is 9.73 Å². The highest BCUT2D eigenvalue weighted by Crippen LogP contribution is 2.58. The molecule has 2 heterocycles. The molecule has 5 rings (SSSR count). The molecule has 1 saturated carbocycles. The number of nitrogens with one attached hydrogen (secondary N) is 1. The molecule has 0 aliphatic heterocycles. The molecule has 13 heteroatoms. The lowest BCUT2D eigenvalue weighted by atomic mass is 10.0. The maximum atomic E-state index is 13.7. The van der Waals surface area contributed by atoms with E-state index >= 15 is 0 Å². The summed E-state index contributed by atoms with van der Waals surface area (Å²) in [6, 6.07) is 11.6. The van der Waals surface area contributed by atoms with Crippen LogP contribution < -0.4 is 5.32 Å². The van der Waals surface area contributed by atoms with Gasteiger partial charge in [0, 0.05) is 21.1 Å². The van der Waals surface area contributed by atoms with Gasteiger partial charge in [0.15, 0.2) is 5.69 Å². The number of carbonyl (C=O) groups excluding carboxylic acids is 1. The number of hydrogen-bond acceptors (Lipinski definition) is 5. The Labute approximate surface area is 233 Å². The van der Waals surface area contributed by atoms with Crippen LogP contribution in [-0.4, -0.2) is 38.1 Å². The number of aromatic nitrogens is 4. The molecule has 1 aliphatic carbocycles. The second-order valence-corrected chi connectivity index (χ2v) is 11.0. The average Bonchev–Trinajstić information content (AvgIpc) is 3.35. The quantitative estimate of drug-likeness (QED) is 0.241. The van der Waals surface area contributed by atoms with Crippen molar-refractivity contribution in [3.8, 4) is 28.5 Å². The van der Waals surface area contributed by atoms with Crippen LogP contribution in [0, 0.1) is 0 Å². The predicted molar refractivity (Wildman–Crippen MR) is 140 cm³/mol. The Hall–Kier alpha value is -2.89. The first kappa shape index (κ1) is 26.7. The van der Waals surface area contributed by atoms with Crippen molar-refractivity contribution < 1.29 is 22.4 Å². The predicted octanol–water partition coefficient (Wildman–Crippen LogP) is 7.39. The SMILES string of the molecule is CC(C)NC(=O)c1c(-c2nnc(C3(C(F)(F)F)CC3)o2)nn(-c2ccc(Cl)cc2Cl)c1-c1ccc(Br)cc1. The number of carbonyl (C=O) groups is 1. The minimum Gasteiger partial charge on any atom is -0.418 e. The molecule has 0 unspecified atom stereocenters. The van der Waals surface area contributed by atoms with E-state index < -0.39 is 23.4 Å². The third-order valence-corrected chi connectivity index (χ3v) is 7.18. The molecule has 7 nitrogen and oxygen atoms in total. The molecular formula is C25H19BrCl2F3N5O2. The Morgan fingerprint density at radius 3 is 2.39 bits per heavy atom. The minimum absolute atomic E-state index is 0.0408. The fraction of sp³-hybridized carbons (Fsp3) is 0.280. The fourth-order valence-electron chi connectivity index (χ4n) is 4.07. The standard InChI is InChI=1S/C25H19BrCl2F3N5O2/c1-12(2)32-21(37)18-19(22-33-34-23(38-22)24(9-10-24)25(29,30)31)35-36(17-8-7-15(27)11-16(17)28)20(18)13-3-5-14(26)6-4-13/h3-8,11-12H,9-10H2,1-2H3,(H,32,37). The van der Waals surface area contributed by atoms with E-state index in [1.54, 1.807) is 50.2 Å². The number of nitrogens with zero attached hydrogens (tertiary/aromatic N) is 4. The number of benzene rings is 2. The molecular weight excluding hydrogens is 610 g/mol. The summed E-state index contributed by atoms with van der Waals surface area (Å²) in [6.45, 7) is 3.56. The average molecular weight is 629 g/mol. The lowest BCUT2D eigenvalue weighted by Crippen LogP contribution is -2.30. The van der Waals surface area contributed by atoms with E-state index in [0.717, 1.165) is 4.47 Å². The van der Waals surface area contributed by atoms with Crippen molar-refractivity contribution in [2.75, 3.05) is 0 Å². The first-order valence-corrected chi connectivity index (χ1v) is 13.0. The van der Waals surface area contributed by atoms with E-state index in [-0.39, 0.29) is 41.1 Å². The number of amides is 1. The molecule has 2 aromatic heterocycles. The lowest BCUT2D eigenvalue weighted by Gasteiger charge is -2.14. The van der Waals surface area contributed by atoms with Crippen LogP contribution in [-0.2, 0) is 5.41 Å². The molecule has 4 aromatic rings. The molecule has 0 saturated heterocycles. The smallest absolute Gasteiger partial charge is 0.403 e. The molecule has 2 aromatic carbocycles. The number of alkyl halides is 3. The topological polar surface area (TPSA) is 85.8 Å². The van der Waals surface area contributed by atoms with Crippen LogP contribution in [0.15, 0.2) is 51.4 Å². The Kier molecular flexibility index (Phi) is 6.81. The molecule has 1 fully saturated rings. The normalized spacial score (nSPS) is 14.7. The second-order valence-electron chi connectivity index (χ2n) is 9.21. The maximum absolute atomic E-state index is 13.7. The van der Waals surface area contributed by atoms with Crippen molar-refractivity contribution >= 4 is 45.0 Å². The van der Waals surface area contributed by atoms with Crippen LogP contribution >= 0.6 is 39.1 Å². The van der Waals surface area contributed by atoms with Crippen molar-refractivity contribution in [2.24, 2.45) is 0 Å². The fourth-order valence-corrected chi connectivity index (χ4v) is 4.83. The first-order valence-electron chi connectivity index (χ1n) is 11.5. The maximum Gasteiger partial charge on any atom is 0.403 e. The van der Waals surface area contributed by atoms with Gasteiger partial charge in [-0.25, -0.2) is 4.68 Å². The van der Waals surface area contributed by atoms with Crippen LogP contribution in [0.5, 0.6) is 0 Å². The van der Waals surface area contributed by atoms with Crippen LogP contribution in [0.25, 0.3) is 28.5 Å². The third kappa shape index (κ3) is 4.71. The van der Waals surface area contributed by atoms with Crippen LogP contribution in [0.3, 0.4) is 0 Å². The van der Waals surface area contributed by atoms with Gasteiger partial charge in [0.25, 0.3) is 11.8 Å². The van der Waals surface area contributed by atoms with Crippen molar-refractivity contribution in [1.29, 1.82) is 0 Å². The van der Waals surface area contributed by atoms with Gasteiger partial charge in [-0.3, -0.25) is 4.79 Å². The van der Waals surface area contributed by atoms with Crippen molar-refractivity contribution in [3.63, 3.8) is 0 Å². The summed E-state index contributed by atoms with van der Waals surface area (Å²) >= 11 is 16.0. The van der Waals surface area contributed by atoms with Crippen molar-refractivity contribution in [3.05, 3.63) is 68.4 Å². The molecule has 0 bridgehead atoms. The van der Waals surface area contributed by atoms with Crippen LogP contribution in [0.1, 0.15) is 42.9 Å². The number of hydrogen-bond donors (Lipinski definition) is 1. The molecule has 1 amide bonds. The van der Waals surface area contributed by atoms with Crippen LogP contribution in [0.2, 0.25) is 10.0 Å². The summed E-state index contributed by atoms with van der Waals surface area (Å²) in [5.74, 6) is -1.40. The number of rotatable bonds is 6. The van der Waals surface area contributed by atoms with Gasteiger partial charge in [-0.15, -0.1) is 10.2 Å². The third-order valence-electron chi connectivity index (χ3n) is 6.12. The zero-order valence-corrected chi connectivity index (χ0v) is 23.0. The van der Waals surface area contributed by atoms with E-state index in [9.17, 15) is 18.0 Å². The van der Waals surface area contributed by atoms with Gasteiger partial charge in [-0.05, 0) is 57.0 Å². The van der Waals surface area contributed by atoms with Crippen molar-refractivity contribution in [1.82, 2.24) is 25.3 Å². The van der Waals surface area contributed by atoms with E-state index in [1.807, 2.05) is 0 Å². The molecule has 0 spiro atoms. The second kappa shape index (κ2) is 9.69. The van der Waals surface area contributed by atoms with E-state index in [2.05, 4.69) is 36.5 Å². The molecule has 0 radical (unpaired) electrons. The number of halogens is 6. The van der Waals surface area contributed by atoms with Gasteiger partial charge in [0.05, 0.1) is 22.0 Å². The molecule has 1 aliphatic rings. The molecule has 0 atom stereocenters. The summed E-state index contributed by atoms with van der Waals surface area (Å²) in [6.07, 6.45) is -4.86. The van der Waals surface area contributed by atoms with E-state index in [0.29, 0.717) is 22.0 Å². The minimum atomic E-state index is -4.55. The lowest BCUT2D eigenvalue weighted by molar-refractivity contribution is -0.165. The highest BCUT2D eigenvalue weighted by molar-refractivity contribution is 9.10. The van der Waals surface area contributed by atoms with Gasteiger partial charge in [0.1, 0.15) is 5.41 Å². The zero-order valence-electron chi connectivity index (χ0n) is 19.9. The summed E-state index contributed by atoms with van der Waals surface area (Å²) in [7, 11) is 0. The van der Waals surface area contributed by atoms with Gasteiger partial charge in [-0.1, -0.05) is 51.3 Å². The van der Waals surface area contributed by atoms with Crippen LogP contribution in [0.4, 0.5) is 13.2 Å². The zero-order chi connectivity index (χ0) is 27.4. The Morgan fingerprint density at radius 1 is 1.13 bits per heavy atom. The summed E-state index contributed by atoms with van der Waals surface area (Å²) in [5.41, 5.74) is -0.933. The summed E-state index contributed by atoms with van der Waals surface area (Å²) in [5, 5.41) is 15.6. The van der Waals surface area contributed by atoms with Gasteiger partial charge in [-0.2, -0.15) is 18.3 Å². The molecule has 38 heavy (non-hydrogen) atoms. The van der Waals surface area contributed by atoms with Gasteiger partial charge in [0.2, 0.25) is 5.89 Å². The van der Waals surface area contributed by atoms with Crippen molar-refractivity contribution in [2.45, 2.75) is 44.3 Å². The monoisotopic (exact) mass is 627 g/mol. The first-order chi connectivity index (χ1) is 17.9. The Balaban J connectivity index is 1.78. The molecule has 198 valence electrons. The molecule has 1 N–H and O–H groups in total.